The summed E-state index contributed by atoms with van der Waals surface area (Å²) in [6.07, 6.45) is 4.89. The third-order valence-electron chi connectivity index (χ3n) is 3.00. The predicted octanol–water partition coefficient (Wildman–Crippen LogP) is 2.71. The van der Waals surface area contributed by atoms with E-state index in [9.17, 15) is 0 Å². The molecule has 0 radical (unpaired) electrons. The molecule has 0 aliphatic heterocycles. The van der Waals surface area contributed by atoms with E-state index in [-0.39, 0.29) is 24.0 Å². The van der Waals surface area contributed by atoms with Crippen LogP contribution in [0.1, 0.15) is 22.2 Å². The van der Waals surface area contributed by atoms with Crippen molar-refractivity contribution in [3.05, 3.63) is 39.8 Å². The van der Waals surface area contributed by atoms with Gasteiger partial charge >= 0.3 is 0 Å². The van der Waals surface area contributed by atoms with Crippen LogP contribution in [0.2, 0.25) is 0 Å². The van der Waals surface area contributed by atoms with Gasteiger partial charge in [0.2, 0.25) is 0 Å². The van der Waals surface area contributed by atoms with Crippen molar-refractivity contribution in [1.82, 2.24) is 20.4 Å². The molecule has 0 saturated carbocycles. The molecular formula is C15H24IN5S. The van der Waals surface area contributed by atoms with Crippen molar-refractivity contribution in [2.45, 2.75) is 26.8 Å². The van der Waals surface area contributed by atoms with Gasteiger partial charge in [-0.1, -0.05) is 0 Å². The number of aryl methyl sites for hydroxylation is 2. The lowest BCUT2D eigenvalue weighted by Crippen LogP contribution is -2.38. The minimum atomic E-state index is 0. The fourth-order valence-corrected chi connectivity index (χ4v) is 2.81. The Kier molecular flexibility index (Phi) is 8.47. The lowest BCUT2D eigenvalue weighted by molar-refractivity contribution is 0.765. The molecule has 0 bridgehead atoms. The number of hydrogen-bond donors (Lipinski definition) is 2. The minimum Gasteiger partial charge on any atom is -0.357 e. The summed E-state index contributed by atoms with van der Waals surface area (Å²) in [7, 11) is 1.94. The first-order valence-corrected chi connectivity index (χ1v) is 8.04. The Labute approximate surface area is 153 Å². The number of nitrogens with zero attached hydrogens (tertiary/aromatic N) is 3. The van der Waals surface area contributed by atoms with Gasteiger partial charge in [0.25, 0.3) is 0 Å². The zero-order valence-corrected chi connectivity index (χ0v) is 16.4. The molecule has 0 spiro atoms. The summed E-state index contributed by atoms with van der Waals surface area (Å²) in [6.45, 7) is 6.63. The molecule has 0 aliphatic rings. The average Bonchev–Trinajstić information content (AvgIpc) is 3.05. The Hall–Kier alpha value is -1.09. The van der Waals surface area contributed by atoms with Crippen molar-refractivity contribution >= 4 is 41.3 Å². The van der Waals surface area contributed by atoms with E-state index < -0.39 is 0 Å². The molecule has 2 aromatic heterocycles. The predicted molar refractivity (Wildman–Crippen MR) is 104 cm³/mol. The third kappa shape index (κ3) is 6.35. The first-order chi connectivity index (χ1) is 10.2. The van der Waals surface area contributed by atoms with Crippen LogP contribution in [0.25, 0.3) is 0 Å². The van der Waals surface area contributed by atoms with Crippen molar-refractivity contribution in [1.29, 1.82) is 0 Å². The van der Waals surface area contributed by atoms with E-state index in [2.05, 4.69) is 46.7 Å². The fourth-order valence-electron chi connectivity index (χ4n) is 2.00. The number of aliphatic imine (C=N–C) groups is 1. The van der Waals surface area contributed by atoms with Gasteiger partial charge in [-0.25, -0.2) is 4.99 Å². The van der Waals surface area contributed by atoms with Crippen LogP contribution in [-0.2, 0) is 20.0 Å². The van der Waals surface area contributed by atoms with Crippen LogP contribution in [-0.4, -0.2) is 28.8 Å². The van der Waals surface area contributed by atoms with Gasteiger partial charge in [-0.2, -0.15) is 5.10 Å². The minimum absolute atomic E-state index is 0. The molecular weight excluding hydrogens is 409 g/mol. The van der Waals surface area contributed by atoms with Crippen molar-refractivity contribution in [2.75, 3.05) is 13.1 Å². The Morgan fingerprint density at radius 3 is 2.77 bits per heavy atom. The second-order valence-electron chi connectivity index (χ2n) is 4.91. The summed E-state index contributed by atoms with van der Waals surface area (Å²) in [5.41, 5.74) is 1.23. The SMILES string of the molecule is CCNC(=NCc1ccc(C)s1)NCCc1cnn(C)c1.I. The van der Waals surface area contributed by atoms with Crippen LogP contribution in [0.3, 0.4) is 0 Å². The molecule has 2 rings (SSSR count). The summed E-state index contributed by atoms with van der Waals surface area (Å²) < 4.78 is 1.83. The molecule has 0 unspecified atom stereocenters. The lowest BCUT2D eigenvalue weighted by Gasteiger charge is -2.10. The van der Waals surface area contributed by atoms with Crippen LogP contribution in [0, 0.1) is 6.92 Å². The number of hydrogen-bond acceptors (Lipinski definition) is 3. The lowest BCUT2D eigenvalue weighted by atomic mass is 10.2. The van der Waals surface area contributed by atoms with Crippen LogP contribution in [0.15, 0.2) is 29.5 Å². The van der Waals surface area contributed by atoms with Gasteiger partial charge in [0.05, 0.1) is 12.7 Å². The van der Waals surface area contributed by atoms with Gasteiger partial charge in [-0.15, -0.1) is 35.3 Å². The molecule has 22 heavy (non-hydrogen) atoms. The maximum atomic E-state index is 4.62. The van der Waals surface area contributed by atoms with E-state index in [1.54, 1.807) is 11.3 Å². The van der Waals surface area contributed by atoms with E-state index in [1.807, 2.05) is 24.1 Å². The molecule has 2 N–H and O–H groups in total. The molecule has 7 heteroatoms. The van der Waals surface area contributed by atoms with Crippen LogP contribution < -0.4 is 10.6 Å². The third-order valence-corrected chi connectivity index (χ3v) is 3.98. The Balaban J connectivity index is 0.00000242. The molecule has 5 nitrogen and oxygen atoms in total. The van der Waals surface area contributed by atoms with Crippen molar-refractivity contribution < 1.29 is 0 Å². The van der Waals surface area contributed by atoms with E-state index >= 15 is 0 Å². The van der Waals surface area contributed by atoms with Crippen molar-refractivity contribution in [2.24, 2.45) is 12.0 Å². The smallest absolute Gasteiger partial charge is 0.191 e. The first-order valence-electron chi connectivity index (χ1n) is 7.22. The van der Waals surface area contributed by atoms with Gasteiger partial charge in [0.15, 0.2) is 5.96 Å². The van der Waals surface area contributed by atoms with Gasteiger partial charge in [-0.3, -0.25) is 4.68 Å². The van der Waals surface area contributed by atoms with Gasteiger partial charge in [0, 0.05) is 36.1 Å². The van der Waals surface area contributed by atoms with Gasteiger partial charge in [-0.05, 0) is 38.0 Å². The quantitative estimate of drug-likeness (QED) is 0.419. The van der Waals surface area contributed by atoms with Crippen molar-refractivity contribution in [3.8, 4) is 0 Å². The number of guanidine groups is 1. The van der Waals surface area contributed by atoms with E-state index in [0.717, 1.165) is 32.0 Å². The Morgan fingerprint density at radius 1 is 1.36 bits per heavy atom. The largest absolute Gasteiger partial charge is 0.357 e. The number of halogens is 1. The van der Waals surface area contributed by atoms with E-state index in [0.29, 0.717) is 0 Å². The summed E-state index contributed by atoms with van der Waals surface area (Å²) in [5.74, 6) is 0.868. The molecule has 0 atom stereocenters. The zero-order valence-electron chi connectivity index (χ0n) is 13.3. The highest BCUT2D eigenvalue weighted by molar-refractivity contribution is 14.0. The Morgan fingerprint density at radius 2 is 2.18 bits per heavy atom. The zero-order chi connectivity index (χ0) is 15.1. The van der Waals surface area contributed by atoms with Gasteiger partial charge < -0.3 is 10.6 Å². The summed E-state index contributed by atoms with van der Waals surface area (Å²) in [5, 5.41) is 10.8. The van der Waals surface area contributed by atoms with Crippen LogP contribution in [0.4, 0.5) is 0 Å². The Bertz CT molecular complexity index is 590. The van der Waals surface area contributed by atoms with Crippen molar-refractivity contribution in [3.63, 3.8) is 0 Å². The highest BCUT2D eigenvalue weighted by atomic mass is 127. The van der Waals surface area contributed by atoms with Gasteiger partial charge in [0.1, 0.15) is 0 Å². The number of thiophene rings is 1. The number of nitrogens with one attached hydrogen (secondary N) is 2. The second-order valence-corrected chi connectivity index (χ2v) is 6.28. The number of rotatable bonds is 6. The van der Waals surface area contributed by atoms with Crippen LogP contribution in [0.5, 0.6) is 0 Å². The molecule has 0 fully saturated rings. The summed E-state index contributed by atoms with van der Waals surface area (Å²) >= 11 is 1.80. The number of aromatic nitrogens is 2. The monoisotopic (exact) mass is 433 g/mol. The highest BCUT2D eigenvalue weighted by Crippen LogP contribution is 2.15. The molecule has 122 valence electrons. The van der Waals surface area contributed by atoms with E-state index in [1.165, 1.54) is 15.3 Å². The molecule has 2 heterocycles. The maximum absolute atomic E-state index is 4.62. The molecule has 2 aromatic rings. The normalized spacial score (nSPS) is 11.1. The van der Waals surface area contributed by atoms with Crippen LogP contribution >= 0.6 is 35.3 Å². The standard InChI is InChI=1S/C15H23N5S.HI/c1-4-16-15(18-10-14-6-5-12(2)21-14)17-8-7-13-9-19-20(3)11-13;/h5-6,9,11H,4,7-8,10H2,1-3H3,(H2,16,17,18);1H. The molecule has 0 aromatic carbocycles. The molecule has 0 saturated heterocycles. The summed E-state index contributed by atoms with van der Waals surface area (Å²) in [4.78, 5) is 7.23. The first kappa shape index (κ1) is 19.0. The maximum Gasteiger partial charge on any atom is 0.191 e. The fraction of sp³-hybridized carbons (Fsp3) is 0.467. The molecule has 0 aliphatic carbocycles. The highest BCUT2D eigenvalue weighted by Gasteiger charge is 2.00. The van der Waals surface area contributed by atoms with E-state index in [4.69, 9.17) is 0 Å². The second kappa shape index (κ2) is 9.83. The topological polar surface area (TPSA) is 54.2 Å². The average molecular weight is 433 g/mol. The summed E-state index contributed by atoms with van der Waals surface area (Å²) in [6, 6.07) is 4.28. The molecule has 0 amide bonds.